The Kier molecular flexibility index (Phi) is 19.9. The van der Waals surface area contributed by atoms with Gasteiger partial charge in [0.2, 0.25) is 0 Å². The van der Waals surface area contributed by atoms with Crippen molar-refractivity contribution in [1.82, 2.24) is 10.6 Å². The molecule has 0 saturated carbocycles. The summed E-state index contributed by atoms with van der Waals surface area (Å²) in [6.07, 6.45) is 20.6. The molecule has 0 aliphatic carbocycles. The molecule has 0 fully saturated rings. The van der Waals surface area contributed by atoms with Crippen LogP contribution in [0.3, 0.4) is 0 Å². The molecular weight excluding hydrogens is 508 g/mol. The van der Waals surface area contributed by atoms with Crippen LogP contribution in [0.15, 0.2) is 58.8 Å². The molecular formula is C35H56N4O2. The number of urea groups is 1. The highest BCUT2D eigenvalue weighted by atomic mass is 16.5. The van der Waals surface area contributed by atoms with Gasteiger partial charge in [-0.3, -0.25) is 0 Å². The highest BCUT2D eigenvalue weighted by Crippen LogP contribution is 2.22. The molecule has 0 atom stereocenters. The van der Waals surface area contributed by atoms with Crippen molar-refractivity contribution in [2.45, 2.75) is 123 Å². The Bertz CT molecular complexity index is 928. The van der Waals surface area contributed by atoms with Crippen molar-refractivity contribution in [2.75, 3.05) is 19.7 Å². The smallest absolute Gasteiger partial charge is 0.314 e. The highest BCUT2D eigenvalue weighted by Gasteiger charge is 2.00. The topological polar surface area (TPSA) is 75.1 Å². The first-order valence-corrected chi connectivity index (χ1v) is 16.5. The molecule has 0 saturated heterocycles. The van der Waals surface area contributed by atoms with Crippen LogP contribution in [0.5, 0.6) is 5.75 Å². The van der Waals surface area contributed by atoms with Gasteiger partial charge in [0.05, 0.1) is 18.0 Å². The number of benzene rings is 2. The zero-order valence-corrected chi connectivity index (χ0v) is 26.0. The van der Waals surface area contributed by atoms with Crippen LogP contribution in [-0.4, -0.2) is 25.7 Å². The lowest BCUT2D eigenvalue weighted by Gasteiger charge is -2.08. The van der Waals surface area contributed by atoms with Crippen LogP contribution < -0.4 is 15.4 Å². The summed E-state index contributed by atoms with van der Waals surface area (Å²) in [6.45, 7) is 6.75. The largest absolute Gasteiger partial charge is 0.494 e. The zero-order valence-electron chi connectivity index (χ0n) is 26.0. The van der Waals surface area contributed by atoms with Gasteiger partial charge >= 0.3 is 6.03 Å². The van der Waals surface area contributed by atoms with Crippen LogP contribution in [0, 0.1) is 0 Å². The average Bonchev–Trinajstić information content (AvgIpc) is 3.00. The zero-order chi connectivity index (χ0) is 29.2. The minimum Gasteiger partial charge on any atom is -0.494 e. The fraction of sp³-hybridized carbons (Fsp3) is 0.629. The maximum atomic E-state index is 11.7. The Labute approximate surface area is 250 Å². The number of unbranched alkanes of at least 4 members (excludes halogenated alkanes) is 13. The predicted octanol–water partition coefficient (Wildman–Crippen LogP) is 10.6. The number of azo groups is 1. The Morgan fingerprint density at radius 1 is 0.585 bits per heavy atom. The molecule has 0 bridgehead atoms. The van der Waals surface area contributed by atoms with Crippen LogP contribution in [-0.2, 0) is 6.42 Å². The van der Waals surface area contributed by atoms with Gasteiger partial charge in [-0.15, -0.1) is 0 Å². The fourth-order valence-electron chi connectivity index (χ4n) is 4.71. The molecule has 41 heavy (non-hydrogen) atoms. The van der Waals surface area contributed by atoms with E-state index in [0.29, 0.717) is 0 Å². The van der Waals surface area contributed by atoms with Gasteiger partial charge in [0.1, 0.15) is 5.75 Å². The quantitative estimate of drug-likeness (QED) is 0.0982. The number of hydrogen-bond donors (Lipinski definition) is 2. The van der Waals surface area contributed by atoms with Crippen molar-refractivity contribution >= 4 is 17.4 Å². The monoisotopic (exact) mass is 564 g/mol. The summed E-state index contributed by atoms with van der Waals surface area (Å²) in [5.41, 5.74) is 3.09. The number of ether oxygens (including phenoxy) is 1. The summed E-state index contributed by atoms with van der Waals surface area (Å²) in [5, 5.41) is 14.7. The van der Waals surface area contributed by atoms with Crippen molar-refractivity contribution in [3.8, 4) is 5.75 Å². The van der Waals surface area contributed by atoms with Gasteiger partial charge in [-0.25, -0.2) is 4.79 Å². The molecule has 2 N–H and O–H groups in total. The van der Waals surface area contributed by atoms with Crippen molar-refractivity contribution in [3.63, 3.8) is 0 Å². The number of aryl methyl sites for hydroxylation is 1. The van der Waals surface area contributed by atoms with Crippen LogP contribution in [0.1, 0.15) is 122 Å². The van der Waals surface area contributed by atoms with Crippen molar-refractivity contribution in [3.05, 3.63) is 54.1 Å². The molecule has 0 unspecified atom stereocenters. The summed E-state index contributed by atoms with van der Waals surface area (Å²) in [5.74, 6) is 0.884. The summed E-state index contributed by atoms with van der Waals surface area (Å²) in [4.78, 5) is 11.7. The number of amides is 2. The van der Waals surface area contributed by atoms with Crippen molar-refractivity contribution < 1.29 is 9.53 Å². The normalized spacial score (nSPS) is 11.2. The van der Waals surface area contributed by atoms with E-state index in [9.17, 15) is 4.79 Å². The lowest BCUT2D eigenvalue weighted by atomic mass is 10.1. The van der Waals surface area contributed by atoms with Crippen molar-refractivity contribution in [1.29, 1.82) is 0 Å². The van der Waals surface area contributed by atoms with E-state index >= 15 is 0 Å². The Morgan fingerprint density at radius 2 is 1.05 bits per heavy atom. The van der Waals surface area contributed by atoms with Crippen LogP contribution in [0.2, 0.25) is 0 Å². The molecule has 0 radical (unpaired) electrons. The molecule has 2 aromatic rings. The maximum absolute atomic E-state index is 11.7. The van der Waals surface area contributed by atoms with Gasteiger partial charge in [-0.1, -0.05) is 103 Å². The van der Waals surface area contributed by atoms with E-state index in [-0.39, 0.29) is 6.03 Å². The first-order chi connectivity index (χ1) is 20.2. The number of nitrogens with zero attached hydrogens (tertiary/aromatic N) is 2. The molecule has 0 heterocycles. The van der Waals surface area contributed by atoms with E-state index in [1.807, 2.05) is 36.4 Å². The SMILES string of the molecule is CCCCCCNC(=O)NCCCCCCCCCCOc1ccc(N=Nc2ccc(CCCCCC)cc2)cc1. The third-order valence-electron chi connectivity index (χ3n) is 7.31. The number of hydrogen-bond acceptors (Lipinski definition) is 4. The molecule has 6 heteroatoms. The lowest BCUT2D eigenvalue weighted by Crippen LogP contribution is -2.36. The van der Waals surface area contributed by atoms with E-state index in [0.717, 1.165) is 62.5 Å². The Hall–Kier alpha value is -2.89. The first kappa shape index (κ1) is 34.3. The second-order valence-corrected chi connectivity index (χ2v) is 11.1. The van der Waals surface area contributed by atoms with Crippen LogP contribution >= 0.6 is 0 Å². The Balaban J connectivity index is 1.43. The summed E-state index contributed by atoms with van der Waals surface area (Å²) in [6, 6.07) is 16.3. The first-order valence-electron chi connectivity index (χ1n) is 16.5. The summed E-state index contributed by atoms with van der Waals surface area (Å²) in [7, 11) is 0. The summed E-state index contributed by atoms with van der Waals surface area (Å²) < 4.78 is 5.91. The fourth-order valence-corrected chi connectivity index (χ4v) is 4.71. The van der Waals surface area contributed by atoms with Gasteiger partial charge in [-0.2, -0.15) is 10.2 Å². The van der Waals surface area contributed by atoms with Gasteiger partial charge in [0.15, 0.2) is 0 Å². The van der Waals surface area contributed by atoms with E-state index < -0.39 is 0 Å². The predicted molar refractivity (Wildman–Crippen MR) is 173 cm³/mol. The third kappa shape index (κ3) is 18.2. The van der Waals surface area contributed by atoms with E-state index in [4.69, 9.17) is 4.74 Å². The van der Waals surface area contributed by atoms with Crippen molar-refractivity contribution in [2.24, 2.45) is 10.2 Å². The number of rotatable bonds is 24. The van der Waals surface area contributed by atoms with Gasteiger partial charge in [0, 0.05) is 13.1 Å². The molecule has 0 aliphatic heterocycles. The number of carbonyl (C=O) groups excluding carboxylic acids is 1. The lowest BCUT2D eigenvalue weighted by molar-refractivity contribution is 0.240. The molecule has 6 nitrogen and oxygen atoms in total. The minimum absolute atomic E-state index is 0.0187. The summed E-state index contributed by atoms with van der Waals surface area (Å²) >= 11 is 0. The van der Waals surface area contributed by atoms with Gasteiger partial charge in [0.25, 0.3) is 0 Å². The van der Waals surface area contributed by atoms with Gasteiger partial charge in [-0.05, 0) is 74.1 Å². The standard InChI is InChI=1S/C35H56N4O2/c1-3-5-7-15-19-31-20-22-32(23-21-31)38-39-33-24-26-34(27-25-33)41-30-18-14-12-10-9-11-13-17-29-37-35(40)36-28-16-8-6-4-2/h20-27H,3-19,28-30H2,1-2H3,(H2,36,37,40). The number of carbonyl (C=O) groups is 1. The molecule has 0 aliphatic rings. The second-order valence-electron chi connectivity index (χ2n) is 11.1. The van der Waals surface area contributed by atoms with E-state index in [1.54, 1.807) is 0 Å². The van der Waals surface area contributed by atoms with E-state index in [2.05, 4.69) is 46.8 Å². The van der Waals surface area contributed by atoms with Crippen LogP contribution in [0.25, 0.3) is 0 Å². The molecule has 0 spiro atoms. The highest BCUT2D eigenvalue weighted by molar-refractivity contribution is 5.73. The molecule has 0 aromatic heterocycles. The molecule has 2 rings (SSSR count). The van der Waals surface area contributed by atoms with Gasteiger partial charge < -0.3 is 15.4 Å². The average molecular weight is 565 g/mol. The second kappa shape index (κ2) is 23.8. The molecule has 2 aromatic carbocycles. The van der Waals surface area contributed by atoms with Crippen LogP contribution in [0.4, 0.5) is 16.2 Å². The number of nitrogens with one attached hydrogen (secondary N) is 2. The maximum Gasteiger partial charge on any atom is 0.314 e. The Morgan fingerprint density at radius 3 is 1.61 bits per heavy atom. The molecule has 228 valence electrons. The minimum atomic E-state index is -0.0187. The third-order valence-corrected chi connectivity index (χ3v) is 7.31. The van der Waals surface area contributed by atoms with E-state index in [1.165, 1.54) is 89.0 Å². The molecule has 2 amide bonds.